The Morgan fingerprint density at radius 3 is 2.63 bits per heavy atom. The van der Waals surface area contributed by atoms with E-state index in [2.05, 4.69) is 5.32 Å². The van der Waals surface area contributed by atoms with Crippen molar-refractivity contribution in [1.82, 2.24) is 4.90 Å². The predicted octanol–water partition coefficient (Wildman–Crippen LogP) is 1.34. The molecule has 0 aliphatic heterocycles. The maximum absolute atomic E-state index is 13.3. The molecule has 0 unspecified atom stereocenters. The average molecular weight is 270 g/mol. The molecule has 0 aromatic heterocycles. The maximum Gasteiger partial charge on any atom is 0.321 e. The third-order valence-electron chi connectivity index (χ3n) is 2.67. The summed E-state index contributed by atoms with van der Waals surface area (Å²) in [4.78, 5) is 13.3. The highest BCUT2D eigenvalue weighted by Crippen LogP contribution is 2.14. The molecule has 5 nitrogen and oxygen atoms in total. The van der Waals surface area contributed by atoms with Crippen LogP contribution in [0.25, 0.3) is 0 Å². The standard InChI is InChI=1S/C13H19FN2O3/c1-10-3-4-11(9-12(10)14)15-13(19)16(6-8-18)5-2-7-17/h3-4,9,17-18H,2,5-8H2,1H3,(H,15,19). The number of amides is 2. The van der Waals surface area contributed by atoms with Crippen LogP contribution < -0.4 is 5.32 Å². The smallest absolute Gasteiger partial charge is 0.321 e. The van der Waals surface area contributed by atoms with E-state index in [0.717, 1.165) is 0 Å². The molecule has 0 heterocycles. The fourth-order valence-electron chi connectivity index (χ4n) is 1.57. The van der Waals surface area contributed by atoms with Crippen LogP contribution in [0.1, 0.15) is 12.0 Å². The molecule has 1 aromatic carbocycles. The second-order valence-electron chi connectivity index (χ2n) is 4.18. The van der Waals surface area contributed by atoms with E-state index < -0.39 is 6.03 Å². The minimum absolute atomic E-state index is 0.0334. The van der Waals surface area contributed by atoms with Crippen LogP contribution in [0.2, 0.25) is 0 Å². The van der Waals surface area contributed by atoms with Crippen molar-refractivity contribution in [2.24, 2.45) is 0 Å². The number of halogens is 1. The molecule has 6 heteroatoms. The number of carbonyl (C=O) groups is 1. The number of benzene rings is 1. The van der Waals surface area contributed by atoms with Crippen molar-refractivity contribution in [2.45, 2.75) is 13.3 Å². The van der Waals surface area contributed by atoms with Gasteiger partial charge in [-0.2, -0.15) is 0 Å². The van der Waals surface area contributed by atoms with Crippen molar-refractivity contribution >= 4 is 11.7 Å². The Hall–Kier alpha value is -1.66. The van der Waals surface area contributed by atoms with Gasteiger partial charge in [-0.3, -0.25) is 0 Å². The highest BCUT2D eigenvalue weighted by Gasteiger charge is 2.13. The first-order valence-electron chi connectivity index (χ1n) is 6.12. The van der Waals surface area contributed by atoms with Crippen LogP contribution in [0.15, 0.2) is 18.2 Å². The maximum atomic E-state index is 13.3. The molecule has 0 atom stereocenters. The van der Waals surface area contributed by atoms with Gasteiger partial charge in [0.05, 0.1) is 6.61 Å². The first-order chi connectivity index (χ1) is 9.08. The summed E-state index contributed by atoms with van der Waals surface area (Å²) in [7, 11) is 0. The zero-order valence-electron chi connectivity index (χ0n) is 10.9. The Labute approximate surface area is 111 Å². The average Bonchev–Trinajstić information content (AvgIpc) is 2.38. The molecule has 3 N–H and O–H groups in total. The van der Waals surface area contributed by atoms with Gasteiger partial charge in [0.1, 0.15) is 5.82 Å². The number of hydrogen-bond acceptors (Lipinski definition) is 3. The Kier molecular flexibility index (Phi) is 6.24. The normalized spacial score (nSPS) is 10.3. The highest BCUT2D eigenvalue weighted by molar-refractivity contribution is 5.89. The Bertz CT molecular complexity index is 426. The monoisotopic (exact) mass is 270 g/mol. The van der Waals surface area contributed by atoms with Crippen molar-refractivity contribution in [3.05, 3.63) is 29.6 Å². The third-order valence-corrected chi connectivity index (χ3v) is 2.67. The molecule has 19 heavy (non-hydrogen) atoms. The summed E-state index contributed by atoms with van der Waals surface area (Å²) in [6, 6.07) is 4.01. The van der Waals surface area contributed by atoms with Gasteiger partial charge in [0.25, 0.3) is 0 Å². The number of carbonyl (C=O) groups excluding carboxylic acids is 1. The van der Waals surface area contributed by atoms with E-state index in [1.807, 2.05) is 0 Å². The van der Waals surface area contributed by atoms with Crippen LogP contribution in [0.5, 0.6) is 0 Å². The number of anilines is 1. The van der Waals surface area contributed by atoms with Crippen molar-refractivity contribution < 1.29 is 19.4 Å². The summed E-state index contributed by atoms with van der Waals surface area (Å²) >= 11 is 0. The van der Waals surface area contributed by atoms with E-state index in [4.69, 9.17) is 10.2 Å². The molecular formula is C13H19FN2O3. The van der Waals surface area contributed by atoms with Crippen LogP contribution in [-0.2, 0) is 0 Å². The Morgan fingerprint density at radius 1 is 1.32 bits per heavy atom. The van der Waals surface area contributed by atoms with Crippen molar-refractivity contribution in [3.8, 4) is 0 Å². The molecule has 0 aliphatic carbocycles. The molecule has 1 aromatic rings. The molecule has 0 aliphatic rings. The molecular weight excluding hydrogens is 251 g/mol. The third kappa shape index (κ3) is 4.84. The summed E-state index contributed by atoms with van der Waals surface area (Å²) in [5.74, 6) is -0.387. The summed E-state index contributed by atoms with van der Waals surface area (Å²) < 4.78 is 13.3. The van der Waals surface area contributed by atoms with Crippen LogP contribution in [-0.4, -0.2) is 47.4 Å². The molecule has 2 amide bonds. The number of aryl methyl sites for hydroxylation is 1. The molecule has 0 spiro atoms. The largest absolute Gasteiger partial charge is 0.396 e. The summed E-state index contributed by atoms with van der Waals surface area (Å²) in [6.45, 7) is 1.94. The quantitative estimate of drug-likeness (QED) is 0.730. The summed E-state index contributed by atoms with van der Waals surface area (Å²) in [5.41, 5.74) is 0.866. The van der Waals surface area contributed by atoms with Crippen LogP contribution >= 0.6 is 0 Å². The molecule has 0 fully saturated rings. The number of rotatable bonds is 6. The number of hydrogen-bond donors (Lipinski definition) is 3. The lowest BCUT2D eigenvalue weighted by Gasteiger charge is -2.21. The van der Waals surface area contributed by atoms with E-state index in [-0.39, 0.29) is 25.6 Å². The zero-order valence-corrected chi connectivity index (χ0v) is 10.9. The van der Waals surface area contributed by atoms with Crippen LogP contribution in [0.4, 0.5) is 14.9 Å². The highest BCUT2D eigenvalue weighted by atomic mass is 19.1. The Balaban J connectivity index is 2.66. The summed E-state index contributed by atoms with van der Waals surface area (Å²) in [5, 5.41) is 20.2. The molecule has 0 saturated heterocycles. The fourth-order valence-corrected chi connectivity index (χ4v) is 1.57. The van der Waals surface area contributed by atoms with E-state index in [9.17, 15) is 9.18 Å². The molecule has 0 bridgehead atoms. The zero-order chi connectivity index (χ0) is 14.3. The van der Waals surface area contributed by atoms with Crippen LogP contribution in [0.3, 0.4) is 0 Å². The van der Waals surface area contributed by atoms with Gasteiger partial charge < -0.3 is 20.4 Å². The summed E-state index contributed by atoms with van der Waals surface area (Å²) in [6.07, 6.45) is 0.426. The SMILES string of the molecule is Cc1ccc(NC(=O)N(CCO)CCCO)cc1F. The number of nitrogens with zero attached hydrogens (tertiary/aromatic N) is 1. The molecule has 106 valence electrons. The first-order valence-corrected chi connectivity index (χ1v) is 6.12. The van der Waals surface area contributed by atoms with Gasteiger partial charge in [-0.05, 0) is 31.0 Å². The van der Waals surface area contributed by atoms with Gasteiger partial charge in [0, 0.05) is 25.4 Å². The van der Waals surface area contributed by atoms with Gasteiger partial charge in [0.2, 0.25) is 0 Å². The van der Waals surface area contributed by atoms with E-state index in [0.29, 0.717) is 24.2 Å². The van der Waals surface area contributed by atoms with Crippen molar-refractivity contribution in [1.29, 1.82) is 0 Å². The Morgan fingerprint density at radius 2 is 2.05 bits per heavy atom. The number of nitrogens with one attached hydrogen (secondary N) is 1. The van der Waals surface area contributed by atoms with Gasteiger partial charge in [-0.1, -0.05) is 6.07 Å². The lowest BCUT2D eigenvalue weighted by molar-refractivity contribution is 0.180. The fraction of sp³-hybridized carbons (Fsp3) is 0.462. The van der Waals surface area contributed by atoms with Gasteiger partial charge in [0.15, 0.2) is 0 Å². The second kappa shape index (κ2) is 7.70. The first kappa shape index (κ1) is 15.4. The molecule has 0 saturated carbocycles. The lowest BCUT2D eigenvalue weighted by atomic mass is 10.2. The van der Waals surface area contributed by atoms with Crippen LogP contribution in [0, 0.1) is 12.7 Å². The molecule has 1 rings (SSSR count). The number of urea groups is 1. The van der Waals surface area contributed by atoms with Crippen molar-refractivity contribution in [2.75, 3.05) is 31.6 Å². The number of aliphatic hydroxyl groups excluding tert-OH is 2. The second-order valence-corrected chi connectivity index (χ2v) is 4.18. The van der Waals surface area contributed by atoms with E-state index in [1.165, 1.54) is 11.0 Å². The van der Waals surface area contributed by atoms with Gasteiger partial charge >= 0.3 is 6.03 Å². The molecule has 0 radical (unpaired) electrons. The van der Waals surface area contributed by atoms with E-state index in [1.54, 1.807) is 19.1 Å². The topological polar surface area (TPSA) is 72.8 Å². The number of aliphatic hydroxyl groups is 2. The minimum Gasteiger partial charge on any atom is -0.396 e. The van der Waals surface area contributed by atoms with Crippen molar-refractivity contribution in [3.63, 3.8) is 0 Å². The predicted molar refractivity (Wildman–Crippen MR) is 70.5 cm³/mol. The minimum atomic E-state index is -0.425. The van der Waals surface area contributed by atoms with E-state index >= 15 is 0 Å². The van der Waals surface area contributed by atoms with Gasteiger partial charge in [-0.25, -0.2) is 9.18 Å². The lowest BCUT2D eigenvalue weighted by Crippen LogP contribution is -2.38. The van der Waals surface area contributed by atoms with Gasteiger partial charge in [-0.15, -0.1) is 0 Å².